The molecule has 2 amide bonds. The molecule has 5 nitrogen and oxygen atoms in total. The van der Waals surface area contributed by atoms with E-state index in [9.17, 15) is 4.79 Å². The molecule has 0 atom stereocenters. The van der Waals surface area contributed by atoms with Crippen molar-refractivity contribution in [3.63, 3.8) is 0 Å². The van der Waals surface area contributed by atoms with Crippen molar-refractivity contribution >= 4 is 6.03 Å². The van der Waals surface area contributed by atoms with E-state index in [1.165, 1.54) is 0 Å². The number of nitrogens with zero attached hydrogens (tertiary/aromatic N) is 1. The Hall–Kier alpha value is -1.75. The zero-order valence-corrected chi connectivity index (χ0v) is 14.1. The topological polar surface area (TPSA) is 61.8 Å². The lowest BCUT2D eigenvalue weighted by Crippen LogP contribution is -2.44. The van der Waals surface area contributed by atoms with Gasteiger partial charge in [0.1, 0.15) is 5.75 Å². The monoisotopic (exact) mass is 320 g/mol. The van der Waals surface area contributed by atoms with Crippen molar-refractivity contribution in [2.45, 2.75) is 33.2 Å². The summed E-state index contributed by atoms with van der Waals surface area (Å²) in [6.45, 7) is 7.13. The van der Waals surface area contributed by atoms with Gasteiger partial charge in [0.2, 0.25) is 0 Å². The molecule has 1 aliphatic heterocycles. The number of hydrogen-bond acceptors (Lipinski definition) is 3. The van der Waals surface area contributed by atoms with Gasteiger partial charge >= 0.3 is 6.03 Å². The molecule has 23 heavy (non-hydrogen) atoms. The Labute approximate surface area is 138 Å². The van der Waals surface area contributed by atoms with Crippen molar-refractivity contribution in [1.82, 2.24) is 10.2 Å². The molecule has 2 N–H and O–H groups in total. The van der Waals surface area contributed by atoms with Crippen LogP contribution in [-0.4, -0.2) is 42.3 Å². The Bertz CT molecular complexity index is 480. The van der Waals surface area contributed by atoms with E-state index >= 15 is 0 Å². The van der Waals surface area contributed by atoms with E-state index in [2.05, 4.69) is 19.2 Å². The molecule has 5 heteroatoms. The molecule has 0 aliphatic carbocycles. The molecule has 1 aliphatic rings. The fourth-order valence-corrected chi connectivity index (χ4v) is 2.57. The summed E-state index contributed by atoms with van der Waals surface area (Å²) >= 11 is 0. The van der Waals surface area contributed by atoms with Crippen LogP contribution in [0.1, 0.15) is 32.3 Å². The van der Waals surface area contributed by atoms with Crippen LogP contribution in [0.4, 0.5) is 4.79 Å². The lowest BCUT2D eigenvalue weighted by Gasteiger charge is -2.31. The summed E-state index contributed by atoms with van der Waals surface area (Å²) in [7, 11) is 0. The van der Waals surface area contributed by atoms with Crippen LogP contribution in [0.5, 0.6) is 5.75 Å². The average molecular weight is 320 g/mol. The second kappa shape index (κ2) is 8.77. The number of carbonyl (C=O) groups is 1. The number of amides is 2. The van der Waals surface area contributed by atoms with Crippen molar-refractivity contribution in [2.75, 3.05) is 26.3 Å². The van der Waals surface area contributed by atoms with Crippen molar-refractivity contribution in [1.29, 1.82) is 0 Å². The molecule has 128 valence electrons. The van der Waals surface area contributed by atoms with Crippen LogP contribution in [0.2, 0.25) is 0 Å². The molecule has 0 aromatic heterocycles. The van der Waals surface area contributed by atoms with Gasteiger partial charge in [0.05, 0.1) is 6.61 Å². The summed E-state index contributed by atoms with van der Waals surface area (Å²) in [6.07, 6.45) is 1.76. The number of ether oxygens (including phenoxy) is 1. The zero-order valence-electron chi connectivity index (χ0n) is 14.1. The summed E-state index contributed by atoms with van der Waals surface area (Å²) < 4.78 is 5.65. The first-order valence-corrected chi connectivity index (χ1v) is 8.44. The minimum Gasteiger partial charge on any atom is -0.493 e. The SMILES string of the molecule is CC(C)COc1ccc(CNC(=O)N2CCC(CO)CC2)cc1. The summed E-state index contributed by atoms with van der Waals surface area (Å²) in [6, 6.07) is 7.82. The normalized spacial score (nSPS) is 15.7. The maximum atomic E-state index is 12.1. The Balaban J connectivity index is 1.74. The molecular weight excluding hydrogens is 292 g/mol. The van der Waals surface area contributed by atoms with E-state index in [0.717, 1.165) is 37.2 Å². The first-order valence-electron chi connectivity index (χ1n) is 8.44. The number of aliphatic hydroxyl groups excluding tert-OH is 1. The third-order valence-electron chi connectivity index (χ3n) is 4.11. The second-order valence-electron chi connectivity index (χ2n) is 6.62. The lowest BCUT2D eigenvalue weighted by atomic mass is 9.98. The van der Waals surface area contributed by atoms with Gasteiger partial charge in [-0.15, -0.1) is 0 Å². The van der Waals surface area contributed by atoms with Gasteiger partial charge in [-0.25, -0.2) is 4.79 Å². The minimum atomic E-state index is -0.0264. The van der Waals surface area contributed by atoms with Crippen LogP contribution in [0.3, 0.4) is 0 Å². The molecule has 0 unspecified atom stereocenters. The van der Waals surface area contributed by atoms with Crippen molar-refractivity contribution in [3.8, 4) is 5.75 Å². The molecule has 0 bridgehead atoms. The maximum Gasteiger partial charge on any atom is 0.317 e. The largest absolute Gasteiger partial charge is 0.493 e. The van der Waals surface area contributed by atoms with Crippen LogP contribution in [0.25, 0.3) is 0 Å². The number of piperidine rings is 1. The van der Waals surface area contributed by atoms with Gasteiger partial charge in [0, 0.05) is 26.2 Å². The van der Waals surface area contributed by atoms with Gasteiger partial charge in [-0.05, 0) is 42.4 Å². The molecular formula is C18H28N2O3. The molecule has 0 spiro atoms. The Morgan fingerprint density at radius 1 is 1.30 bits per heavy atom. The van der Waals surface area contributed by atoms with E-state index < -0.39 is 0 Å². The van der Waals surface area contributed by atoms with Gasteiger partial charge in [0.15, 0.2) is 0 Å². The highest BCUT2D eigenvalue weighted by atomic mass is 16.5. The number of urea groups is 1. The Morgan fingerprint density at radius 2 is 1.96 bits per heavy atom. The van der Waals surface area contributed by atoms with E-state index in [-0.39, 0.29) is 12.6 Å². The van der Waals surface area contributed by atoms with Crippen LogP contribution in [0.15, 0.2) is 24.3 Å². The fraction of sp³-hybridized carbons (Fsp3) is 0.611. The van der Waals surface area contributed by atoms with Crippen LogP contribution < -0.4 is 10.1 Å². The van der Waals surface area contributed by atoms with E-state index in [1.54, 1.807) is 0 Å². The zero-order chi connectivity index (χ0) is 16.7. The predicted molar refractivity (Wildman–Crippen MR) is 90.4 cm³/mol. The molecule has 1 fully saturated rings. The van der Waals surface area contributed by atoms with Crippen molar-refractivity contribution < 1.29 is 14.6 Å². The standard InChI is InChI=1S/C18H28N2O3/c1-14(2)13-23-17-5-3-15(4-6-17)11-19-18(22)20-9-7-16(12-21)8-10-20/h3-6,14,16,21H,7-13H2,1-2H3,(H,19,22). The predicted octanol–water partition coefficient (Wildman–Crippen LogP) is 2.64. The van der Waals surface area contributed by atoms with Crippen LogP contribution >= 0.6 is 0 Å². The minimum absolute atomic E-state index is 0.0264. The summed E-state index contributed by atoms with van der Waals surface area (Å²) in [5.74, 6) is 1.71. The van der Waals surface area contributed by atoms with Gasteiger partial charge in [-0.3, -0.25) is 0 Å². The lowest BCUT2D eigenvalue weighted by molar-refractivity contribution is 0.137. The molecule has 1 aromatic carbocycles. The highest BCUT2D eigenvalue weighted by molar-refractivity contribution is 5.74. The second-order valence-corrected chi connectivity index (χ2v) is 6.62. The number of likely N-dealkylation sites (tertiary alicyclic amines) is 1. The summed E-state index contributed by atoms with van der Waals surface area (Å²) in [5, 5.41) is 12.1. The molecule has 1 aromatic rings. The highest BCUT2D eigenvalue weighted by Gasteiger charge is 2.21. The number of nitrogens with one attached hydrogen (secondary N) is 1. The number of rotatable bonds is 6. The first kappa shape index (κ1) is 17.6. The highest BCUT2D eigenvalue weighted by Crippen LogP contribution is 2.17. The molecule has 2 rings (SSSR count). The Morgan fingerprint density at radius 3 is 2.52 bits per heavy atom. The third-order valence-corrected chi connectivity index (χ3v) is 4.11. The van der Waals surface area contributed by atoms with E-state index in [0.29, 0.717) is 25.0 Å². The summed E-state index contributed by atoms with van der Waals surface area (Å²) in [4.78, 5) is 14.0. The van der Waals surface area contributed by atoms with Crippen molar-refractivity contribution in [2.24, 2.45) is 11.8 Å². The summed E-state index contributed by atoms with van der Waals surface area (Å²) in [5.41, 5.74) is 1.06. The van der Waals surface area contributed by atoms with E-state index in [4.69, 9.17) is 9.84 Å². The fourth-order valence-electron chi connectivity index (χ4n) is 2.57. The van der Waals surface area contributed by atoms with Gasteiger partial charge in [-0.2, -0.15) is 0 Å². The first-order chi connectivity index (χ1) is 11.1. The number of benzene rings is 1. The Kier molecular flexibility index (Phi) is 6.71. The van der Waals surface area contributed by atoms with Crippen LogP contribution in [0, 0.1) is 11.8 Å². The van der Waals surface area contributed by atoms with Gasteiger partial charge in [-0.1, -0.05) is 26.0 Å². The molecule has 1 heterocycles. The van der Waals surface area contributed by atoms with Crippen LogP contribution in [-0.2, 0) is 6.54 Å². The number of aliphatic hydroxyl groups is 1. The molecule has 0 radical (unpaired) electrons. The van der Waals surface area contributed by atoms with E-state index in [1.807, 2.05) is 29.2 Å². The smallest absolute Gasteiger partial charge is 0.317 e. The molecule has 1 saturated heterocycles. The quantitative estimate of drug-likeness (QED) is 0.847. The van der Waals surface area contributed by atoms with Gasteiger partial charge < -0.3 is 20.1 Å². The van der Waals surface area contributed by atoms with Gasteiger partial charge in [0.25, 0.3) is 0 Å². The maximum absolute atomic E-state index is 12.1. The molecule has 0 saturated carbocycles. The number of carbonyl (C=O) groups excluding carboxylic acids is 1. The van der Waals surface area contributed by atoms with Crippen molar-refractivity contribution in [3.05, 3.63) is 29.8 Å². The average Bonchev–Trinajstić information content (AvgIpc) is 2.58. The number of hydrogen-bond donors (Lipinski definition) is 2. The third kappa shape index (κ3) is 5.75.